The van der Waals surface area contributed by atoms with Crippen LogP contribution in [0.1, 0.15) is 34.6 Å². The van der Waals surface area contributed by atoms with Gasteiger partial charge in [0.05, 0.1) is 0 Å². The number of hydrogen-bond acceptors (Lipinski definition) is 1. The van der Waals surface area contributed by atoms with Crippen molar-refractivity contribution in [1.82, 2.24) is 0 Å². The van der Waals surface area contributed by atoms with E-state index in [-0.39, 0.29) is 10.7 Å². The Morgan fingerprint density at radius 2 is 1.85 bits per heavy atom. The first-order valence-electron chi connectivity index (χ1n) is 4.71. The average molecular weight is 193 g/mol. The summed E-state index contributed by atoms with van der Waals surface area (Å²) in [5.41, 5.74) is 1.54. The molecule has 0 nitrogen and oxygen atoms in total. The Bertz CT molecular complexity index is 266. The van der Waals surface area contributed by atoms with E-state index in [0.717, 1.165) is 0 Å². The summed E-state index contributed by atoms with van der Waals surface area (Å²) in [6.45, 7) is 11.0. The summed E-state index contributed by atoms with van der Waals surface area (Å²) in [5, 5.41) is 0.195. The third-order valence-electron chi connectivity index (χ3n) is 2.16. The molecule has 0 aromatic carbocycles. The van der Waals surface area contributed by atoms with E-state index in [4.69, 9.17) is 0 Å². The molecule has 0 saturated carbocycles. The van der Waals surface area contributed by atoms with E-state index >= 15 is 0 Å². The zero-order chi connectivity index (χ0) is 10.3. The molecule has 0 bridgehead atoms. The van der Waals surface area contributed by atoms with Crippen molar-refractivity contribution in [3.8, 4) is 0 Å². The molecule has 1 heterocycles. The van der Waals surface area contributed by atoms with Gasteiger partial charge in [-0.05, 0) is 15.6 Å². The minimum Gasteiger partial charge on any atom is -0.149 e. The summed E-state index contributed by atoms with van der Waals surface area (Å²) in [5.74, 6) is 0. The molecule has 0 aromatic heterocycles. The highest BCUT2D eigenvalue weighted by Gasteiger charge is 2.34. The molecule has 0 unspecified atom stereocenters. The molecule has 0 spiro atoms. The van der Waals surface area contributed by atoms with Gasteiger partial charge in [0, 0.05) is 0 Å². The van der Waals surface area contributed by atoms with Crippen molar-refractivity contribution in [3.63, 3.8) is 0 Å². The molecule has 0 amide bonds. The summed E-state index contributed by atoms with van der Waals surface area (Å²) in [7, 11) is 2.26. The zero-order valence-corrected chi connectivity index (χ0v) is 10.1. The maximum absolute atomic E-state index is 4.49. The molecule has 0 N–H and O–H groups in total. The second-order valence-electron chi connectivity index (χ2n) is 5.37. The van der Waals surface area contributed by atoms with Crippen LogP contribution in [0.5, 0.6) is 0 Å². The van der Waals surface area contributed by atoms with Gasteiger partial charge in [0.1, 0.15) is 0 Å². The first kappa shape index (κ1) is 11.0. The summed E-state index contributed by atoms with van der Waals surface area (Å²) >= 11 is 4.49. The van der Waals surface area contributed by atoms with E-state index in [1.807, 2.05) is 0 Å². The summed E-state index contributed by atoms with van der Waals surface area (Å²) in [6.07, 6.45) is 4.40. The van der Waals surface area contributed by atoms with Crippen LogP contribution >= 0.6 is 12.6 Å². The standard InChI is InChI=1S/C11H18BS/c1-10(2,3)7-6-8-9(13)11(4,5)12-8/h6-7,13H,1-5H3/b7-6+. The van der Waals surface area contributed by atoms with Gasteiger partial charge in [-0.15, -0.1) is 12.6 Å². The smallest absolute Gasteiger partial charge is 0.149 e. The highest BCUT2D eigenvalue weighted by atomic mass is 32.1. The van der Waals surface area contributed by atoms with Gasteiger partial charge in [0.15, 0.2) is 7.28 Å². The Labute approximate surface area is 88.1 Å². The molecule has 0 saturated heterocycles. The van der Waals surface area contributed by atoms with Gasteiger partial charge in [-0.3, -0.25) is 0 Å². The van der Waals surface area contributed by atoms with E-state index in [1.54, 1.807) is 0 Å². The van der Waals surface area contributed by atoms with Crippen LogP contribution < -0.4 is 0 Å². The third kappa shape index (κ3) is 2.67. The Morgan fingerprint density at radius 1 is 1.31 bits per heavy atom. The van der Waals surface area contributed by atoms with Crippen molar-refractivity contribution in [2.24, 2.45) is 5.41 Å². The van der Waals surface area contributed by atoms with Gasteiger partial charge in [0.25, 0.3) is 0 Å². The Kier molecular flexibility index (Phi) is 2.73. The van der Waals surface area contributed by atoms with Crippen LogP contribution in [0.3, 0.4) is 0 Å². The fourth-order valence-electron chi connectivity index (χ4n) is 1.29. The van der Waals surface area contributed by atoms with Crippen LogP contribution in [-0.4, -0.2) is 7.28 Å². The molecule has 0 fully saturated rings. The van der Waals surface area contributed by atoms with E-state index in [2.05, 4.69) is 66.7 Å². The van der Waals surface area contributed by atoms with Gasteiger partial charge in [-0.2, -0.15) is 0 Å². The molecule has 0 aliphatic carbocycles. The topological polar surface area (TPSA) is 0 Å². The Morgan fingerprint density at radius 3 is 2.15 bits per heavy atom. The van der Waals surface area contributed by atoms with Gasteiger partial charge >= 0.3 is 0 Å². The molecule has 0 aromatic rings. The maximum atomic E-state index is 4.49. The van der Waals surface area contributed by atoms with Crippen molar-refractivity contribution in [2.45, 2.75) is 39.9 Å². The maximum Gasteiger partial charge on any atom is 0.165 e. The van der Waals surface area contributed by atoms with Crippen molar-refractivity contribution < 1.29 is 0 Å². The van der Waals surface area contributed by atoms with Crippen LogP contribution in [0.2, 0.25) is 5.31 Å². The average Bonchev–Trinajstić information content (AvgIpc) is 1.95. The van der Waals surface area contributed by atoms with E-state index in [9.17, 15) is 0 Å². The molecule has 13 heavy (non-hydrogen) atoms. The molecule has 1 rings (SSSR count). The van der Waals surface area contributed by atoms with Crippen LogP contribution in [-0.2, 0) is 0 Å². The van der Waals surface area contributed by atoms with Gasteiger partial charge in [0.2, 0.25) is 0 Å². The lowest BCUT2D eigenvalue weighted by atomic mass is 9.40. The fraction of sp³-hybridized carbons (Fsp3) is 0.636. The largest absolute Gasteiger partial charge is 0.165 e. The second-order valence-corrected chi connectivity index (χ2v) is 5.82. The molecule has 2 heteroatoms. The van der Waals surface area contributed by atoms with Crippen molar-refractivity contribution in [2.75, 3.05) is 0 Å². The van der Waals surface area contributed by atoms with Gasteiger partial charge < -0.3 is 0 Å². The number of thiol groups is 1. The molecule has 1 aliphatic rings. The normalized spacial score (nSPS) is 21.7. The summed E-state index contributed by atoms with van der Waals surface area (Å²) in [6, 6.07) is 0. The van der Waals surface area contributed by atoms with E-state index in [0.29, 0.717) is 0 Å². The van der Waals surface area contributed by atoms with Crippen LogP contribution in [0.25, 0.3) is 0 Å². The number of hydrogen-bond donors (Lipinski definition) is 1. The lowest BCUT2D eigenvalue weighted by Crippen LogP contribution is -2.27. The SMILES string of the molecule is CC(C)(C)/C=C/C1=C(S)C(C)(C)[B]1. The Balaban J connectivity index is 2.70. The molecule has 1 aliphatic heterocycles. The van der Waals surface area contributed by atoms with Crippen molar-refractivity contribution >= 4 is 19.9 Å². The summed E-state index contributed by atoms with van der Waals surface area (Å²) < 4.78 is 0. The van der Waals surface area contributed by atoms with Crippen molar-refractivity contribution in [3.05, 3.63) is 22.5 Å². The minimum absolute atomic E-state index is 0.195. The lowest BCUT2D eigenvalue weighted by molar-refractivity contribution is 0.544. The predicted molar refractivity (Wildman–Crippen MR) is 64.4 cm³/mol. The van der Waals surface area contributed by atoms with E-state index < -0.39 is 0 Å². The zero-order valence-electron chi connectivity index (χ0n) is 9.18. The highest BCUT2D eigenvalue weighted by Crippen LogP contribution is 2.48. The Hall–Kier alpha value is -0.105. The molecule has 0 atom stereocenters. The molecule has 71 valence electrons. The quantitative estimate of drug-likeness (QED) is 0.477. The van der Waals surface area contributed by atoms with Gasteiger partial charge in [-0.25, -0.2) is 0 Å². The van der Waals surface area contributed by atoms with Crippen LogP contribution in [0.15, 0.2) is 22.5 Å². The first-order chi connectivity index (χ1) is 5.72. The fourth-order valence-corrected chi connectivity index (χ4v) is 1.49. The minimum atomic E-state index is 0.195. The molecular weight excluding hydrogens is 175 g/mol. The summed E-state index contributed by atoms with van der Waals surface area (Å²) in [4.78, 5) is 1.20. The van der Waals surface area contributed by atoms with Crippen molar-refractivity contribution in [1.29, 1.82) is 0 Å². The highest BCUT2D eigenvalue weighted by molar-refractivity contribution is 7.85. The molecular formula is C11H18BS. The lowest BCUT2D eigenvalue weighted by Gasteiger charge is -2.36. The van der Waals surface area contributed by atoms with Gasteiger partial charge in [-0.1, -0.05) is 52.2 Å². The van der Waals surface area contributed by atoms with Crippen LogP contribution in [0, 0.1) is 5.41 Å². The predicted octanol–water partition coefficient (Wildman–Crippen LogP) is 3.65. The number of allylic oxidation sites excluding steroid dienone is 4. The molecule has 1 radical (unpaired) electrons. The van der Waals surface area contributed by atoms with Crippen LogP contribution in [0.4, 0.5) is 0 Å². The third-order valence-corrected chi connectivity index (χ3v) is 3.00. The second kappa shape index (κ2) is 3.23. The van der Waals surface area contributed by atoms with E-state index in [1.165, 1.54) is 10.4 Å². The monoisotopic (exact) mass is 193 g/mol. The number of rotatable bonds is 1. The first-order valence-corrected chi connectivity index (χ1v) is 5.16.